The molecular weight excluding hydrogens is 274 g/mol. The van der Waals surface area contributed by atoms with Gasteiger partial charge in [0.25, 0.3) is 0 Å². The fraction of sp³-hybridized carbons (Fsp3) is 0.182. The Kier molecular flexibility index (Phi) is 3.38. The quantitative estimate of drug-likeness (QED) is 0.855. The number of aromatic nitrogens is 1. The number of halogens is 1. The van der Waals surface area contributed by atoms with E-state index in [0.717, 1.165) is 10.2 Å². The molecule has 2 aromatic rings. The van der Waals surface area contributed by atoms with Crippen molar-refractivity contribution >= 4 is 27.3 Å². The first-order valence-corrected chi connectivity index (χ1v) is 6.21. The van der Waals surface area contributed by atoms with Crippen molar-refractivity contribution in [3.63, 3.8) is 0 Å². The monoisotopic (exact) mass is 283 g/mol. The molecular formula is C11H10BrNOS. The predicted molar refractivity (Wildman–Crippen MR) is 65.3 cm³/mol. The Bertz CT molecular complexity index is 442. The number of aryl methyl sites for hydroxylation is 1. The van der Waals surface area contributed by atoms with Crippen LogP contribution in [0.5, 0.6) is 5.88 Å². The van der Waals surface area contributed by atoms with Gasteiger partial charge in [0.15, 0.2) is 0 Å². The molecule has 15 heavy (non-hydrogen) atoms. The maximum Gasteiger partial charge on any atom is 0.213 e. The Morgan fingerprint density at radius 3 is 2.93 bits per heavy atom. The maximum absolute atomic E-state index is 5.56. The summed E-state index contributed by atoms with van der Waals surface area (Å²) in [5, 5.41) is 2.04. The molecule has 0 aliphatic rings. The molecule has 0 bridgehead atoms. The summed E-state index contributed by atoms with van der Waals surface area (Å²) >= 11 is 5.09. The molecule has 0 aromatic carbocycles. The van der Waals surface area contributed by atoms with Crippen molar-refractivity contribution in [1.82, 2.24) is 4.98 Å². The maximum atomic E-state index is 5.56. The SMILES string of the molecule is Cc1nc(OCc2cccs2)ccc1Br. The van der Waals surface area contributed by atoms with Crippen molar-refractivity contribution in [2.75, 3.05) is 0 Å². The molecule has 0 saturated heterocycles. The number of pyridine rings is 1. The average Bonchev–Trinajstić information content (AvgIpc) is 2.73. The van der Waals surface area contributed by atoms with Crippen LogP contribution in [0.25, 0.3) is 0 Å². The summed E-state index contributed by atoms with van der Waals surface area (Å²) in [5.41, 5.74) is 0.943. The van der Waals surface area contributed by atoms with Crippen LogP contribution in [0.2, 0.25) is 0 Å². The van der Waals surface area contributed by atoms with Gasteiger partial charge in [-0.15, -0.1) is 11.3 Å². The van der Waals surface area contributed by atoms with Gasteiger partial charge in [-0.2, -0.15) is 0 Å². The summed E-state index contributed by atoms with van der Waals surface area (Å²) in [7, 11) is 0. The lowest BCUT2D eigenvalue weighted by atomic mass is 10.4. The molecule has 2 aromatic heterocycles. The van der Waals surface area contributed by atoms with E-state index in [4.69, 9.17) is 4.74 Å². The van der Waals surface area contributed by atoms with E-state index in [1.54, 1.807) is 11.3 Å². The van der Waals surface area contributed by atoms with Crippen LogP contribution in [-0.4, -0.2) is 4.98 Å². The third-order valence-electron chi connectivity index (χ3n) is 1.94. The average molecular weight is 284 g/mol. The molecule has 0 aliphatic heterocycles. The fourth-order valence-electron chi connectivity index (χ4n) is 1.14. The van der Waals surface area contributed by atoms with E-state index in [2.05, 4.69) is 27.0 Å². The summed E-state index contributed by atoms with van der Waals surface area (Å²) in [5.74, 6) is 0.670. The highest BCUT2D eigenvalue weighted by molar-refractivity contribution is 9.10. The Balaban J connectivity index is 2.02. The van der Waals surface area contributed by atoms with Crippen LogP contribution in [0.4, 0.5) is 0 Å². The first-order chi connectivity index (χ1) is 7.25. The Morgan fingerprint density at radius 1 is 1.40 bits per heavy atom. The minimum Gasteiger partial charge on any atom is -0.472 e. The smallest absolute Gasteiger partial charge is 0.213 e. The van der Waals surface area contributed by atoms with Crippen LogP contribution in [0.3, 0.4) is 0 Å². The van der Waals surface area contributed by atoms with Crippen LogP contribution in [-0.2, 0) is 6.61 Å². The van der Waals surface area contributed by atoms with Gasteiger partial charge in [0.2, 0.25) is 5.88 Å². The first-order valence-electron chi connectivity index (χ1n) is 4.54. The molecule has 0 saturated carbocycles. The van der Waals surface area contributed by atoms with Gasteiger partial charge in [-0.1, -0.05) is 6.07 Å². The zero-order valence-corrected chi connectivity index (χ0v) is 10.6. The number of hydrogen-bond donors (Lipinski definition) is 0. The van der Waals surface area contributed by atoms with E-state index in [0.29, 0.717) is 12.5 Å². The molecule has 0 unspecified atom stereocenters. The predicted octanol–water partition coefficient (Wildman–Crippen LogP) is 3.79. The van der Waals surface area contributed by atoms with E-state index in [-0.39, 0.29) is 0 Å². The van der Waals surface area contributed by atoms with Gasteiger partial charge in [0.1, 0.15) is 6.61 Å². The minimum atomic E-state index is 0.589. The van der Waals surface area contributed by atoms with E-state index < -0.39 is 0 Å². The molecule has 0 radical (unpaired) electrons. The standard InChI is InChI=1S/C11H10BrNOS/c1-8-10(12)4-5-11(13-8)14-7-9-3-2-6-15-9/h2-6H,7H2,1H3. The molecule has 0 atom stereocenters. The summed E-state index contributed by atoms with van der Waals surface area (Å²) < 4.78 is 6.57. The van der Waals surface area contributed by atoms with E-state index in [1.807, 2.05) is 30.5 Å². The molecule has 0 spiro atoms. The molecule has 0 N–H and O–H groups in total. The van der Waals surface area contributed by atoms with Gasteiger partial charge in [0.05, 0.1) is 5.69 Å². The fourth-order valence-corrected chi connectivity index (χ4v) is 1.98. The number of hydrogen-bond acceptors (Lipinski definition) is 3. The molecule has 0 fully saturated rings. The lowest BCUT2D eigenvalue weighted by Crippen LogP contribution is -1.96. The summed E-state index contributed by atoms with van der Waals surface area (Å²) in [6, 6.07) is 7.89. The van der Waals surface area contributed by atoms with Crippen LogP contribution in [0.15, 0.2) is 34.1 Å². The normalized spacial score (nSPS) is 10.3. The van der Waals surface area contributed by atoms with Gasteiger partial charge < -0.3 is 4.74 Å². The molecule has 0 amide bonds. The van der Waals surface area contributed by atoms with Crippen molar-refractivity contribution in [1.29, 1.82) is 0 Å². The van der Waals surface area contributed by atoms with Gasteiger partial charge >= 0.3 is 0 Å². The van der Waals surface area contributed by atoms with E-state index >= 15 is 0 Å². The zero-order valence-electron chi connectivity index (χ0n) is 8.24. The second-order valence-electron chi connectivity index (χ2n) is 3.08. The van der Waals surface area contributed by atoms with Gasteiger partial charge in [-0.05, 0) is 40.4 Å². The van der Waals surface area contributed by atoms with Crippen LogP contribution >= 0.6 is 27.3 Å². The second-order valence-corrected chi connectivity index (χ2v) is 4.97. The topological polar surface area (TPSA) is 22.1 Å². The first kappa shape index (κ1) is 10.6. The summed E-state index contributed by atoms with van der Waals surface area (Å²) in [6.45, 7) is 2.54. The molecule has 4 heteroatoms. The third kappa shape index (κ3) is 2.79. The van der Waals surface area contributed by atoms with Gasteiger partial charge in [0, 0.05) is 15.4 Å². The van der Waals surface area contributed by atoms with Gasteiger partial charge in [-0.3, -0.25) is 0 Å². The van der Waals surface area contributed by atoms with Gasteiger partial charge in [-0.25, -0.2) is 4.98 Å². The lowest BCUT2D eigenvalue weighted by molar-refractivity contribution is 0.296. The number of rotatable bonds is 3. The molecule has 78 valence electrons. The zero-order chi connectivity index (χ0) is 10.7. The number of nitrogens with zero attached hydrogens (tertiary/aromatic N) is 1. The Hall–Kier alpha value is -0.870. The van der Waals surface area contributed by atoms with Crippen LogP contribution in [0, 0.1) is 6.92 Å². The number of ether oxygens (including phenoxy) is 1. The minimum absolute atomic E-state index is 0.589. The Labute approximate surface area is 101 Å². The highest BCUT2D eigenvalue weighted by Gasteiger charge is 2.00. The summed E-state index contributed by atoms with van der Waals surface area (Å²) in [4.78, 5) is 5.51. The second kappa shape index (κ2) is 4.77. The van der Waals surface area contributed by atoms with E-state index in [1.165, 1.54) is 4.88 Å². The van der Waals surface area contributed by atoms with Crippen molar-refractivity contribution in [3.8, 4) is 5.88 Å². The molecule has 0 aliphatic carbocycles. The number of thiophene rings is 1. The molecule has 2 heterocycles. The van der Waals surface area contributed by atoms with Crippen molar-refractivity contribution in [2.24, 2.45) is 0 Å². The van der Waals surface area contributed by atoms with Crippen LogP contribution in [0.1, 0.15) is 10.6 Å². The lowest BCUT2D eigenvalue weighted by Gasteiger charge is -2.05. The Morgan fingerprint density at radius 2 is 2.27 bits per heavy atom. The third-order valence-corrected chi connectivity index (χ3v) is 3.63. The van der Waals surface area contributed by atoms with Crippen molar-refractivity contribution < 1.29 is 4.74 Å². The van der Waals surface area contributed by atoms with Crippen molar-refractivity contribution in [3.05, 3.63) is 44.7 Å². The molecule has 2 nitrogen and oxygen atoms in total. The highest BCUT2D eigenvalue weighted by Crippen LogP contribution is 2.19. The van der Waals surface area contributed by atoms with Crippen LogP contribution < -0.4 is 4.74 Å². The summed E-state index contributed by atoms with van der Waals surface area (Å²) in [6.07, 6.45) is 0. The largest absolute Gasteiger partial charge is 0.472 e. The highest BCUT2D eigenvalue weighted by atomic mass is 79.9. The van der Waals surface area contributed by atoms with E-state index in [9.17, 15) is 0 Å². The molecule has 2 rings (SSSR count). The van der Waals surface area contributed by atoms with Crippen molar-refractivity contribution in [2.45, 2.75) is 13.5 Å².